The maximum atomic E-state index is 12.3. The van der Waals surface area contributed by atoms with Gasteiger partial charge in [-0.15, -0.1) is 11.3 Å². The maximum Gasteiger partial charge on any atom is 0.350 e. The van der Waals surface area contributed by atoms with Crippen LogP contribution in [0.5, 0.6) is 0 Å². The van der Waals surface area contributed by atoms with Gasteiger partial charge < -0.3 is 4.74 Å². The quantitative estimate of drug-likeness (QED) is 0.616. The van der Waals surface area contributed by atoms with Gasteiger partial charge in [0.25, 0.3) is 0 Å². The van der Waals surface area contributed by atoms with Gasteiger partial charge in [0, 0.05) is 10.6 Å². The number of esters is 1. The number of aryl methyl sites for hydroxylation is 1. The van der Waals surface area contributed by atoms with Crippen molar-refractivity contribution in [3.63, 3.8) is 0 Å². The van der Waals surface area contributed by atoms with E-state index in [1.54, 1.807) is 12.1 Å². The number of benzene rings is 2. The number of ether oxygens (including phenoxy) is 1. The van der Waals surface area contributed by atoms with E-state index in [2.05, 4.69) is 4.98 Å². The first-order valence-corrected chi connectivity index (χ1v) is 8.27. The Labute approximate surface area is 143 Å². The standard InChI is InChI=1S/C18H14ClNO2S/c1-12-16(23-17(20-12)14-5-3-2-4-6-14)18(21)22-11-13-7-9-15(19)10-8-13/h2-10H,11H2,1H3. The van der Waals surface area contributed by atoms with Gasteiger partial charge in [0.05, 0.1) is 5.69 Å². The molecule has 0 saturated carbocycles. The first kappa shape index (κ1) is 15.7. The maximum absolute atomic E-state index is 12.3. The van der Waals surface area contributed by atoms with Gasteiger partial charge in [0.15, 0.2) is 0 Å². The third-order valence-electron chi connectivity index (χ3n) is 3.29. The lowest BCUT2D eigenvalue weighted by Gasteiger charge is -2.04. The second kappa shape index (κ2) is 6.94. The van der Waals surface area contributed by atoms with Gasteiger partial charge in [-0.1, -0.05) is 54.1 Å². The molecule has 0 amide bonds. The number of carbonyl (C=O) groups is 1. The number of aromatic nitrogens is 1. The van der Waals surface area contributed by atoms with Gasteiger partial charge in [-0.05, 0) is 24.6 Å². The molecule has 2 aromatic carbocycles. The molecule has 23 heavy (non-hydrogen) atoms. The van der Waals surface area contributed by atoms with Crippen LogP contribution in [0.4, 0.5) is 0 Å². The van der Waals surface area contributed by atoms with Crippen LogP contribution in [0, 0.1) is 6.92 Å². The summed E-state index contributed by atoms with van der Waals surface area (Å²) in [4.78, 5) is 17.3. The number of hydrogen-bond acceptors (Lipinski definition) is 4. The van der Waals surface area contributed by atoms with E-state index in [9.17, 15) is 4.79 Å². The van der Waals surface area contributed by atoms with Crippen molar-refractivity contribution in [3.8, 4) is 10.6 Å². The van der Waals surface area contributed by atoms with Crippen LogP contribution in [0.1, 0.15) is 20.9 Å². The van der Waals surface area contributed by atoms with E-state index in [1.165, 1.54) is 11.3 Å². The van der Waals surface area contributed by atoms with Gasteiger partial charge >= 0.3 is 5.97 Å². The Balaban J connectivity index is 1.72. The SMILES string of the molecule is Cc1nc(-c2ccccc2)sc1C(=O)OCc1ccc(Cl)cc1. The first-order chi connectivity index (χ1) is 11.1. The molecule has 0 N–H and O–H groups in total. The second-order valence-electron chi connectivity index (χ2n) is 5.00. The van der Waals surface area contributed by atoms with Crippen molar-refractivity contribution in [2.24, 2.45) is 0 Å². The van der Waals surface area contributed by atoms with Gasteiger partial charge in [-0.25, -0.2) is 9.78 Å². The van der Waals surface area contributed by atoms with E-state index in [0.29, 0.717) is 15.6 Å². The summed E-state index contributed by atoms with van der Waals surface area (Å²) in [5.41, 5.74) is 2.58. The van der Waals surface area contributed by atoms with E-state index < -0.39 is 0 Å². The number of rotatable bonds is 4. The van der Waals surface area contributed by atoms with Crippen LogP contribution in [0.2, 0.25) is 5.02 Å². The summed E-state index contributed by atoms with van der Waals surface area (Å²) in [5, 5.41) is 1.48. The minimum absolute atomic E-state index is 0.216. The number of thiazole rings is 1. The highest BCUT2D eigenvalue weighted by Gasteiger charge is 2.17. The fraction of sp³-hybridized carbons (Fsp3) is 0.111. The predicted molar refractivity (Wildman–Crippen MR) is 92.9 cm³/mol. The van der Waals surface area contributed by atoms with Crippen molar-refractivity contribution in [1.29, 1.82) is 0 Å². The Hall–Kier alpha value is -2.17. The summed E-state index contributed by atoms with van der Waals surface area (Å²) in [7, 11) is 0. The Bertz CT molecular complexity index is 813. The molecule has 0 atom stereocenters. The monoisotopic (exact) mass is 343 g/mol. The van der Waals surface area contributed by atoms with E-state index in [1.807, 2.05) is 49.4 Å². The van der Waals surface area contributed by atoms with E-state index in [-0.39, 0.29) is 12.6 Å². The fourth-order valence-corrected chi connectivity index (χ4v) is 3.18. The third kappa shape index (κ3) is 3.78. The molecule has 3 rings (SSSR count). The molecule has 3 nitrogen and oxygen atoms in total. The molecule has 0 saturated heterocycles. The Kier molecular flexibility index (Phi) is 4.74. The van der Waals surface area contributed by atoms with Crippen LogP contribution in [0.25, 0.3) is 10.6 Å². The zero-order valence-corrected chi connectivity index (χ0v) is 14.0. The average Bonchev–Trinajstić information content (AvgIpc) is 2.97. The molecule has 5 heteroatoms. The smallest absolute Gasteiger partial charge is 0.350 e. The molecule has 0 radical (unpaired) electrons. The lowest BCUT2D eigenvalue weighted by Crippen LogP contribution is -2.04. The van der Waals surface area contributed by atoms with Crippen LogP contribution in [0.3, 0.4) is 0 Å². The van der Waals surface area contributed by atoms with E-state index >= 15 is 0 Å². The van der Waals surface area contributed by atoms with Crippen molar-refractivity contribution in [2.75, 3.05) is 0 Å². The summed E-state index contributed by atoms with van der Waals surface area (Å²) in [6.07, 6.45) is 0. The van der Waals surface area contributed by atoms with Gasteiger partial charge in [-0.3, -0.25) is 0 Å². The number of nitrogens with zero attached hydrogens (tertiary/aromatic N) is 1. The molecule has 0 spiro atoms. The van der Waals surface area contributed by atoms with Crippen LogP contribution in [-0.2, 0) is 11.3 Å². The van der Waals surface area contributed by atoms with Crippen molar-refractivity contribution in [3.05, 3.63) is 75.8 Å². The molecule has 0 fully saturated rings. The molecule has 0 aliphatic carbocycles. The van der Waals surface area contributed by atoms with E-state index in [0.717, 1.165) is 16.1 Å². The zero-order chi connectivity index (χ0) is 16.2. The topological polar surface area (TPSA) is 39.2 Å². The van der Waals surface area contributed by atoms with Gasteiger partial charge in [-0.2, -0.15) is 0 Å². The molecular formula is C18H14ClNO2S. The van der Waals surface area contributed by atoms with Gasteiger partial charge in [0.2, 0.25) is 0 Å². The Morgan fingerprint density at radius 3 is 2.52 bits per heavy atom. The summed E-state index contributed by atoms with van der Waals surface area (Å²) in [5.74, 6) is -0.350. The Morgan fingerprint density at radius 1 is 1.13 bits per heavy atom. The molecule has 0 aliphatic heterocycles. The van der Waals surface area contributed by atoms with Crippen LogP contribution in [-0.4, -0.2) is 11.0 Å². The molecule has 3 aromatic rings. The zero-order valence-electron chi connectivity index (χ0n) is 12.5. The predicted octanol–water partition coefficient (Wildman–Crippen LogP) is 5.13. The fourth-order valence-electron chi connectivity index (χ4n) is 2.09. The number of halogens is 1. The van der Waals surface area contributed by atoms with Crippen molar-refractivity contribution >= 4 is 28.9 Å². The summed E-state index contributed by atoms with van der Waals surface area (Å²) >= 11 is 7.19. The van der Waals surface area contributed by atoms with Crippen LogP contribution < -0.4 is 0 Å². The van der Waals surface area contributed by atoms with E-state index in [4.69, 9.17) is 16.3 Å². The highest BCUT2D eigenvalue weighted by atomic mass is 35.5. The molecule has 0 bridgehead atoms. The average molecular weight is 344 g/mol. The highest BCUT2D eigenvalue weighted by Crippen LogP contribution is 2.28. The summed E-state index contributed by atoms with van der Waals surface area (Å²) < 4.78 is 5.37. The van der Waals surface area contributed by atoms with Crippen molar-refractivity contribution in [1.82, 2.24) is 4.98 Å². The third-order valence-corrected chi connectivity index (χ3v) is 4.72. The molecule has 116 valence electrons. The van der Waals surface area contributed by atoms with Gasteiger partial charge in [0.1, 0.15) is 16.5 Å². The highest BCUT2D eigenvalue weighted by molar-refractivity contribution is 7.17. The van der Waals surface area contributed by atoms with Crippen molar-refractivity contribution < 1.29 is 9.53 Å². The second-order valence-corrected chi connectivity index (χ2v) is 6.44. The minimum atomic E-state index is -0.350. The normalized spacial score (nSPS) is 10.5. The Morgan fingerprint density at radius 2 is 1.83 bits per heavy atom. The molecule has 1 heterocycles. The molecule has 0 unspecified atom stereocenters. The molecular weight excluding hydrogens is 330 g/mol. The lowest BCUT2D eigenvalue weighted by molar-refractivity contribution is 0.0477. The summed E-state index contributed by atoms with van der Waals surface area (Å²) in [6.45, 7) is 2.04. The molecule has 0 aliphatic rings. The largest absolute Gasteiger partial charge is 0.457 e. The van der Waals surface area contributed by atoms with Crippen LogP contribution >= 0.6 is 22.9 Å². The number of hydrogen-bond donors (Lipinski definition) is 0. The molecule has 1 aromatic heterocycles. The lowest BCUT2D eigenvalue weighted by atomic mass is 10.2. The van der Waals surface area contributed by atoms with Crippen LogP contribution in [0.15, 0.2) is 54.6 Å². The van der Waals surface area contributed by atoms with Crippen molar-refractivity contribution in [2.45, 2.75) is 13.5 Å². The summed E-state index contributed by atoms with van der Waals surface area (Å²) in [6, 6.07) is 17.0. The number of carbonyl (C=O) groups excluding carboxylic acids is 1. The first-order valence-electron chi connectivity index (χ1n) is 7.08. The minimum Gasteiger partial charge on any atom is -0.457 e.